The van der Waals surface area contributed by atoms with E-state index in [1.165, 1.54) is 6.07 Å². The second-order valence-corrected chi connectivity index (χ2v) is 15.0. The largest absolute Gasteiger partial charge is 0.475 e. The minimum absolute atomic E-state index is 0.0547. The van der Waals surface area contributed by atoms with Crippen molar-refractivity contribution in [3.05, 3.63) is 64.9 Å². The third kappa shape index (κ3) is 6.16. The zero-order chi connectivity index (χ0) is 35.2. The van der Waals surface area contributed by atoms with E-state index in [1.807, 2.05) is 57.2 Å². The summed E-state index contributed by atoms with van der Waals surface area (Å²) in [6.07, 6.45) is 3.95. The Balaban J connectivity index is 1.34. The second-order valence-electron chi connectivity index (χ2n) is 14.6. The topological polar surface area (TPSA) is 106 Å². The van der Waals surface area contributed by atoms with Gasteiger partial charge >= 0.3 is 6.09 Å². The van der Waals surface area contributed by atoms with Crippen LogP contribution in [0.15, 0.2) is 48.5 Å². The molecule has 0 spiro atoms. The van der Waals surface area contributed by atoms with Gasteiger partial charge in [-0.1, -0.05) is 48.0 Å². The lowest BCUT2D eigenvalue weighted by Gasteiger charge is -2.42. The first-order valence-corrected chi connectivity index (χ1v) is 17.6. The van der Waals surface area contributed by atoms with E-state index in [9.17, 15) is 19.7 Å². The van der Waals surface area contributed by atoms with Gasteiger partial charge in [0.1, 0.15) is 29.7 Å². The van der Waals surface area contributed by atoms with Gasteiger partial charge in [0.25, 0.3) is 0 Å². The molecule has 4 heterocycles. The molecular weight excluding hydrogens is 655 g/mol. The van der Waals surface area contributed by atoms with Crippen LogP contribution in [0.4, 0.5) is 14.9 Å². The van der Waals surface area contributed by atoms with E-state index in [0.717, 1.165) is 60.7 Å². The number of carbonyl (C=O) groups is 1. The lowest BCUT2D eigenvalue weighted by molar-refractivity contribution is 0.0145. The third-order valence-corrected chi connectivity index (χ3v) is 10.7. The Morgan fingerprint density at radius 2 is 1.86 bits per heavy atom. The van der Waals surface area contributed by atoms with Crippen LogP contribution in [-0.2, 0) is 4.74 Å². The van der Waals surface area contributed by atoms with Crippen molar-refractivity contribution in [2.45, 2.75) is 70.1 Å². The van der Waals surface area contributed by atoms with Crippen LogP contribution in [0.2, 0.25) is 5.02 Å². The van der Waals surface area contributed by atoms with E-state index in [0.29, 0.717) is 48.4 Å². The van der Waals surface area contributed by atoms with Crippen molar-refractivity contribution in [3.8, 4) is 29.1 Å². The van der Waals surface area contributed by atoms with E-state index in [2.05, 4.69) is 21.9 Å². The van der Waals surface area contributed by atoms with E-state index >= 15 is 0 Å². The highest BCUT2D eigenvalue weighted by atomic mass is 35.5. The van der Waals surface area contributed by atoms with Gasteiger partial charge in [0.2, 0.25) is 5.88 Å². The first-order valence-electron chi connectivity index (χ1n) is 17.3. The molecule has 9 nitrogen and oxygen atoms in total. The fourth-order valence-electron chi connectivity index (χ4n) is 8.04. The van der Waals surface area contributed by atoms with Gasteiger partial charge in [0.05, 0.1) is 40.3 Å². The molecule has 0 aliphatic carbocycles. The molecule has 7 rings (SSSR count). The van der Waals surface area contributed by atoms with Gasteiger partial charge in [-0.25, -0.2) is 14.2 Å². The van der Waals surface area contributed by atoms with Crippen LogP contribution in [0.25, 0.3) is 32.8 Å². The number of fused-ring (bicyclic) bond motifs is 3. The summed E-state index contributed by atoms with van der Waals surface area (Å²) < 4.78 is 27.0. The molecule has 0 N–H and O–H groups in total. The number of piperazine rings is 1. The Morgan fingerprint density at radius 3 is 2.58 bits per heavy atom. The zero-order valence-corrected chi connectivity index (χ0v) is 29.4. The molecule has 1 atom stereocenters. The maximum atomic E-state index is 14.7. The number of anilines is 1. The van der Waals surface area contributed by atoms with Crippen molar-refractivity contribution in [1.82, 2.24) is 14.8 Å². The molecule has 3 aliphatic rings. The van der Waals surface area contributed by atoms with Crippen LogP contribution in [-0.4, -0.2) is 77.4 Å². The number of nitriles is 2. The molecule has 0 bridgehead atoms. The Hall–Kier alpha value is -4.64. The molecule has 0 radical (unpaired) electrons. The lowest BCUT2D eigenvalue weighted by atomic mass is 9.95. The zero-order valence-electron chi connectivity index (χ0n) is 28.6. The first-order chi connectivity index (χ1) is 24.0. The third-order valence-electron chi connectivity index (χ3n) is 10.3. The molecule has 0 saturated carbocycles. The number of rotatable bonds is 6. The Labute approximate surface area is 296 Å². The Morgan fingerprint density at radius 1 is 1.08 bits per heavy atom. The van der Waals surface area contributed by atoms with E-state index < -0.39 is 23.6 Å². The number of ether oxygens (including phenoxy) is 2. The fourth-order valence-corrected chi connectivity index (χ4v) is 8.31. The average molecular weight is 695 g/mol. The maximum absolute atomic E-state index is 14.7. The van der Waals surface area contributed by atoms with E-state index in [4.69, 9.17) is 26.1 Å². The smallest absolute Gasteiger partial charge is 0.410 e. The minimum Gasteiger partial charge on any atom is -0.475 e. The highest BCUT2D eigenvalue weighted by Gasteiger charge is 2.45. The quantitative estimate of drug-likeness (QED) is 0.200. The van der Waals surface area contributed by atoms with Gasteiger partial charge in [0.15, 0.2) is 0 Å². The average Bonchev–Trinajstić information content (AvgIpc) is 3.68. The molecule has 4 aromatic rings. The highest BCUT2D eigenvalue weighted by molar-refractivity contribution is 6.37. The van der Waals surface area contributed by atoms with Crippen molar-refractivity contribution < 1.29 is 18.7 Å². The van der Waals surface area contributed by atoms with Crippen LogP contribution in [0.3, 0.4) is 0 Å². The van der Waals surface area contributed by atoms with Gasteiger partial charge in [-0.3, -0.25) is 4.90 Å². The summed E-state index contributed by atoms with van der Waals surface area (Å²) in [6.45, 7) is 9.01. The van der Waals surface area contributed by atoms with Crippen LogP contribution in [0.5, 0.6) is 5.88 Å². The van der Waals surface area contributed by atoms with Crippen LogP contribution in [0, 0.1) is 28.5 Å². The molecule has 3 saturated heterocycles. The number of nitrogens with zero attached hydrogens (tertiary/aromatic N) is 6. The number of pyridine rings is 1. The van der Waals surface area contributed by atoms with Gasteiger partial charge in [-0.2, -0.15) is 10.5 Å². The van der Waals surface area contributed by atoms with Crippen molar-refractivity contribution in [2.75, 3.05) is 44.2 Å². The van der Waals surface area contributed by atoms with Crippen LogP contribution >= 0.6 is 11.6 Å². The highest BCUT2D eigenvalue weighted by Crippen LogP contribution is 2.43. The van der Waals surface area contributed by atoms with Crippen molar-refractivity contribution in [1.29, 1.82) is 10.5 Å². The molecule has 0 unspecified atom stereocenters. The predicted octanol–water partition coefficient (Wildman–Crippen LogP) is 8.07. The molecule has 11 heteroatoms. The second kappa shape index (κ2) is 13.2. The number of hydrogen-bond acceptors (Lipinski definition) is 8. The molecule has 3 aromatic carbocycles. The molecule has 1 aromatic heterocycles. The molecule has 50 heavy (non-hydrogen) atoms. The van der Waals surface area contributed by atoms with E-state index in [-0.39, 0.29) is 22.9 Å². The minimum atomic E-state index is -0.682. The van der Waals surface area contributed by atoms with Crippen molar-refractivity contribution >= 4 is 45.1 Å². The molecule has 258 valence electrons. The standard InChI is InChI=1S/C39H40ClFN6O3/c1-38(2,3)50-37(48)47-20-19-45(23-27(47)13-16-42)35-29-11-9-26(28-8-4-7-25-10-12-31(41)34(40)33(25)28)21-32(29)44-36(30(35)22-43)49-24-39-14-5-17-46(39)18-6-15-39/h4,7-12,21,27H,5-6,13-15,17-20,23-24H2,1-3H3/t27-/m0/s1. The summed E-state index contributed by atoms with van der Waals surface area (Å²) in [5.41, 5.74) is 2.38. The summed E-state index contributed by atoms with van der Waals surface area (Å²) in [7, 11) is 0. The molecule has 1 amide bonds. The fraction of sp³-hybridized carbons (Fsp3) is 0.436. The Kier molecular flexibility index (Phi) is 8.96. The van der Waals surface area contributed by atoms with Gasteiger partial charge in [-0.15, -0.1) is 0 Å². The first kappa shape index (κ1) is 33.8. The molecule has 3 aliphatic heterocycles. The number of hydrogen-bond donors (Lipinski definition) is 0. The predicted molar refractivity (Wildman–Crippen MR) is 192 cm³/mol. The molecular formula is C39H40ClFN6O3. The van der Waals surface area contributed by atoms with Crippen LogP contribution < -0.4 is 9.64 Å². The van der Waals surface area contributed by atoms with Crippen molar-refractivity contribution in [3.63, 3.8) is 0 Å². The summed E-state index contributed by atoms with van der Waals surface area (Å²) in [5, 5.41) is 22.7. The van der Waals surface area contributed by atoms with Gasteiger partial charge in [0, 0.05) is 30.4 Å². The Bertz CT molecular complexity index is 2060. The lowest BCUT2D eigenvalue weighted by Crippen LogP contribution is -2.56. The number of aromatic nitrogens is 1. The number of carbonyl (C=O) groups excluding carboxylic acids is 1. The van der Waals surface area contributed by atoms with Gasteiger partial charge < -0.3 is 19.3 Å². The van der Waals surface area contributed by atoms with Gasteiger partial charge in [-0.05, 0) is 88.2 Å². The van der Waals surface area contributed by atoms with Crippen molar-refractivity contribution in [2.24, 2.45) is 0 Å². The summed E-state index contributed by atoms with van der Waals surface area (Å²) in [4.78, 5) is 24.4. The summed E-state index contributed by atoms with van der Waals surface area (Å²) in [5.74, 6) is -0.236. The monoisotopic (exact) mass is 694 g/mol. The number of amides is 1. The number of halogens is 2. The molecule has 3 fully saturated rings. The van der Waals surface area contributed by atoms with E-state index in [1.54, 1.807) is 11.0 Å². The normalized spacial score (nSPS) is 19.0. The summed E-state index contributed by atoms with van der Waals surface area (Å²) in [6, 6.07) is 18.8. The van der Waals surface area contributed by atoms with Crippen LogP contribution in [0.1, 0.15) is 58.4 Å². The number of benzene rings is 3. The summed E-state index contributed by atoms with van der Waals surface area (Å²) >= 11 is 6.53. The SMILES string of the molecule is CC(C)(C)OC(=O)N1CCN(c2c(C#N)c(OCC34CCCN3CCC4)nc3cc(-c4cccc5ccc(F)c(Cl)c45)ccc23)C[C@@H]1CC#N. The maximum Gasteiger partial charge on any atom is 0.410 e.